The van der Waals surface area contributed by atoms with Crippen LogP contribution in [0.25, 0.3) is 10.9 Å². The van der Waals surface area contributed by atoms with Gasteiger partial charge in [-0.2, -0.15) is 0 Å². The monoisotopic (exact) mass is 526 g/mol. The van der Waals surface area contributed by atoms with E-state index < -0.39 is 0 Å². The summed E-state index contributed by atoms with van der Waals surface area (Å²) in [5.74, 6) is 1.84. The van der Waals surface area contributed by atoms with Crippen molar-refractivity contribution in [3.8, 4) is 0 Å². The lowest BCUT2D eigenvalue weighted by molar-refractivity contribution is 0.225. The molecule has 0 spiro atoms. The zero-order valence-electron chi connectivity index (χ0n) is 22.8. The number of benzene rings is 3. The average Bonchev–Trinajstić information content (AvgIpc) is 3.21. The Bertz CT molecular complexity index is 1540. The van der Waals surface area contributed by atoms with Gasteiger partial charge in [0.15, 0.2) is 0 Å². The summed E-state index contributed by atoms with van der Waals surface area (Å²) in [6.45, 7) is 12.0. The molecule has 38 heavy (non-hydrogen) atoms. The van der Waals surface area contributed by atoms with Crippen molar-refractivity contribution < 1.29 is 0 Å². The highest BCUT2D eigenvalue weighted by Gasteiger charge is 2.39. The molecular weight excluding hydrogens is 492 g/mol. The lowest BCUT2D eigenvalue weighted by Crippen LogP contribution is -2.42. The summed E-state index contributed by atoms with van der Waals surface area (Å²) < 4.78 is 1.85. The lowest BCUT2D eigenvalue weighted by Gasteiger charge is -2.35. The summed E-state index contributed by atoms with van der Waals surface area (Å²) in [7, 11) is 0. The molecule has 1 atom stereocenters. The smallest absolute Gasteiger partial charge is 0.261 e. The minimum absolute atomic E-state index is 0.0552. The van der Waals surface area contributed by atoms with Crippen molar-refractivity contribution in [1.82, 2.24) is 14.5 Å². The van der Waals surface area contributed by atoms with Crippen LogP contribution in [0, 0.1) is 5.92 Å². The molecular formula is C32H35ClN4O. The van der Waals surface area contributed by atoms with Gasteiger partial charge in [-0.05, 0) is 55.5 Å². The maximum absolute atomic E-state index is 14.0. The van der Waals surface area contributed by atoms with Crippen LogP contribution in [0.5, 0.6) is 0 Å². The Kier molecular flexibility index (Phi) is 7.15. The highest BCUT2D eigenvalue weighted by molar-refractivity contribution is 6.31. The third-order valence-corrected chi connectivity index (χ3v) is 7.46. The van der Waals surface area contributed by atoms with Gasteiger partial charge >= 0.3 is 0 Å². The predicted octanol–water partition coefficient (Wildman–Crippen LogP) is 6.90. The van der Waals surface area contributed by atoms with Crippen molar-refractivity contribution >= 4 is 28.3 Å². The predicted molar refractivity (Wildman–Crippen MR) is 157 cm³/mol. The zero-order chi connectivity index (χ0) is 27.0. The number of hydrogen-bond donors (Lipinski definition) is 0. The molecule has 2 heterocycles. The Morgan fingerprint density at radius 2 is 1.68 bits per heavy atom. The number of aromatic nitrogens is 2. The second-order valence-electron chi connectivity index (χ2n) is 11.1. The van der Waals surface area contributed by atoms with E-state index in [0.717, 1.165) is 35.8 Å². The van der Waals surface area contributed by atoms with Crippen molar-refractivity contribution in [3.63, 3.8) is 0 Å². The number of amidine groups is 1. The maximum Gasteiger partial charge on any atom is 0.261 e. The number of fused-ring (bicyclic) bond motifs is 1. The van der Waals surface area contributed by atoms with E-state index in [0.29, 0.717) is 22.5 Å². The molecule has 0 aliphatic carbocycles. The van der Waals surface area contributed by atoms with E-state index in [1.165, 1.54) is 5.56 Å². The Labute approximate surface area is 229 Å². The van der Waals surface area contributed by atoms with Gasteiger partial charge in [0, 0.05) is 17.1 Å². The van der Waals surface area contributed by atoms with E-state index in [4.69, 9.17) is 21.6 Å². The van der Waals surface area contributed by atoms with Crippen molar-refractivity contribution in [2.24, 2.45) is 10.9 Å². The van der Waals surface area contributed by atoms with Crippen molar-refractivity contribution in [1.29, 1.82) is 0 Å². The van der Waals surface area contributed by atoms with Gasteiger partial charge in [-0.15, -0.1) is 0 Å². The van der Waals surface area contributed by atoms with Crippen molar-refractivity contribution in [2.45, 2.75) is 59.2 Å². The molecule has 0 amide bonds. The van der Waals surface area contributed by atoms with E-state index in [9.17, 15) is 4.79 Å². The summed E-state index contributed by atoms with van der Waals surface area (Å²) in [4.78, 5) is 26.7. The Balaban J connectivity index is 1.70. The first-order valence-corrected chi connectivity index (χ1v) is 13.7. The Hall–Kier alpha value is -3.44. The molecule has 5 nitrogen and oxygen atoms in total. The van der Waals surface area contributed by atoms with Crippen LogP contribution >= 0.6 is 11.6 Å². The summed E-state index contributed by atoms with van der Waals surface area (Å²) in [5, 5.41) is 1.14. The van der Waals surface area contributed by atoms with Crippen LogP contribution in [-0.4, -0.2) is 32.4 Å². The third kappa shape index (κ3) is 5.12. The van der Waals surface area contributed by atoms with Crippen LogP contribution in [0.3, 0.4) is 0 Å². The molecule has 0 saturated carbocycles. The van der Waals surface area contributed by atoms with Gasteiger partial charge in [0.05, 0.1) is 29.0 Å². The molecule has 1 aromatic heterocycles. The molecule has 4 aromatic rings. The third-order valence-electron chi connectivity index (χ3n) is 7.22. The molecule has 0 N–H and O–H groups in total. The molecule has 0 bridgehead atoms. The second kappa shape index (κ2) is 10.4. The Morgan fingerprint density at radius 3 is 2.34 bits per heavy atom. The van der Waals surface area contributed by atoms with Gasteiger partial charge in [0.25, 0.3) is 5.56 Å². The molecule has 0 fully saturated rings. The largest absolute Gasteiger partial charge is 0.344 e. The number of hydrogen-bond acceptors (Lipinski definition) is 4. The van der Waals surface area contributed by atoms with E-state index in [1.807, 2.05) is 34.9 Å². The number of aryl methyl sites for hydroxylation is 1. The number of nitrogens with zero attached hydrogens (tertiary/aromatic N) is 4. The van der Waals surface area contributed by atoms with Gasteiger partial charge in [-0.1, -0.05) is 87.0 Å². The zero-order valence-corrected chi connectivity index (χ0v) is 23.5. The van der Waals surface area contributed by atoms with Crippen LogP contribution in [0.4, 0.5) is 0 Å². The molecule has 6 heteroatoms. The Morgan fingerprint density at radius 1 is 0.974 bits per heavy atom. The SMILES string of the molecule is CCc1ccc(C2=NC(C)(C)CN2C(c2nc3cc(Cl)ccc3c(=O)n2Cc2ccccc2)C(C)C)cc1. The minimum atomic E-state index is -0.267. The molecule has 196 valence electrons. The van der Waals surface area contributed by atoms with Crippen LogP contribution < -0.4 is 5.56 Å². The van der Waals surface area contributed by atoms with Crippen LogP contribution in [0.2, 0.25) is 5.02 Å². The fourth-order valence-corrected chi connectivity index (χ4v) is 5.55. The first kappa shape index (κ1) is 26.2. The van der Waals surface area contributed by atoms with E-state index in [-0.39, 0.29) is 23.1 Å². The molecule has 1 unspecified atom stereocenters. The highest BCUT2D eigenvalue weighted by Crippen LogP contribution is 2.36. The van der Waals surface area contributed by atoms with Crippen molar-refractivity contribution in [2.75, 3.05) is 6.54 Å². The molecule has 1 aliphatic heterocycles. The summed E-state index contributed by atoms with van der Waals surface area (Å²) in [5.41, 5.74) is 3.73. The number of halogens is 1. The minimum Gasteiger partial charge on any atom is -0.344 e. The second-order valence-corrected chi connectivity index (χ2v) is 11.6. The van der Waals surface area contributed by atoms with Crippen LogP contribution in [-0.2, 0) is 13.0 Å². The van der Waals surface area contributed by atoms with Gasteiger partial charge in [-0.3, -0.25) is 14.4 Å². The molecule has 5 rings (SSSR count). The van der Waals surface area contributed by atoms with E-state index in [2.05, 4.69) is 63.8 Å². The molecule has 0 radical (unpaired) electrons. The lowest BCUT2D eigenvalue weighted by atomic mass is 9.97. The van der Waals surface area contributed by atoms with E-state index >= 15 is 0 Å². The highest BCUT2D eigenvalue weighted by atomic mass is 35.5. The van der Waals surface area contributed by atoms with Crippen LogP contribution in [0.15, 0.2) is 82.6 Å². The molecule has 3 aromatic carbocycles. The van der Waals surface area contributed by atoms with Gasteiger partial charge in [0.2, 0.25) is 0 Å². The number of rotatable bonds is 7. The van der Waals surface area contributed by atoms with Crippen LogP contribution in [0.1, 0.15) is 63.2 Å². The molecule has 1 aliphatic rings. The summed E-state index contributed by atoms with van der Waals surface area (Å²) in [6, 6.07) is 23.9. The normalized spacial score (nSPS) is 15.8. The summed E-state index contributed by atoms with van der Waals surface area (Å²) >= 11 is 6.35. The van der Waals surface area contributed by atoms with Gasteiger partial charge < -0.3 is 4.90 Å². The van der Waals surface area contributed by atoms with E-state index in [1.54, 1.807) is 18.2 Å². The topological polar surface area (TPSA) is 50.5 Å². The standard InChI is InChI=1S/C32H35ClN4O/c1-6-22-12-14-24(15-13-22)29-35-32(4,5)20-37(29)28(21(2)3)30-34-27-18-25(33)16-17-26(27)31(38)36(30)19-23-10-8-7-9-11-23/h7-18,21,28H,6,19-20H2,1-5H3. The average molecular weight is 527 g/mol. The first-order chi connectivity index (χ1) is 18.2. The summed E-state index contributed by atoms with van der Waals surface area (Å²) in [6.07, 6.45) is 0.992. The fraction of sp³-hybridized carbons (Fsp3) is 0.344. The van der Waals surface area contributed by atoms with Crippen molar-refractivity contribution in [3.05, 3.63) is 111 Å². The quantitative estimate of drug-likeness (QED) is 0.263. The number of aliphatic imine (C=N–C) groups is 1. The maximum atomic E-state index is 14.0. The van der Waals surface area contributed by atoms with Gasteiger partial charge in [-0.25, -0.2) is 4.98 Å². The van der Waals surface area contributed by atoms with Gasteiger partial charge in [0.1, 0.15) is 11.7 Å². The first-order valence-electron chi connectivity index (χ1n) is 13.4. The fourth-order valence-electron chi connectivity index (χ4n) is 5.38. The molecule has 0 saturated heterocycles.